The lowest BCUT2D eigenvalue weighted by atomic mass is 10.2. The molecule has 0 unspecified atom stereocenters. The van der Waals surface area contributed by atoms with E-state index >= 15 is 0 Å². The Balaban J connectivity index is 2.34. The van der Waals surface area contributed by atoms with Crippen LogP contribution in [0.2, 0.25) is 0 Å². The van der Waals surface area contributed by atoms with Crippen molar-refractivity contribution in [2.45, 2.75) is 25.2 Å². The van der Waals surface area contributed by atoms with Crippen molar-refractivity contribution in [3.8, 4) is 0 Å². The smallest absolute Gasteiger partial charge is 0.171 e. The predicted molar refractivity (Wildman–Crippen MR) is 23.9 cm³/mol. The van der Waals surface area contributed by atoms with Gasteiger partial charge in [0.15, 0.2) is 5.66 Å². The average molecular weight is 138 g/mol. The fourth-order valence-corrected chi connectivity index (χ4v) is 0.536. The van der Waals surface area contributed by atoms with Gasteiger partial charge in [0.2, 0.25) is 0 Å². The van der Waals surface area contributed by atoms with Gasteiger partial charge in [0, 0.05) is 0 Å². The first-order valence-corrected chi connectivity index (χ1v) is 2.42. The van der Waals surface area contributed by atoms with Crippen LogP contribution in [0.4, 0.5) is 13.2 Å². The maximum Gasteiger partial charge on any atom is 0.393 e. The van der Waals surface area contributed by atoms with Crippen LogP contribution < -0.4 is 0 Å². The van der Waals surface area contributed by atoms with E-state index in [-0.39, 0.29) is 0 Å². The highest BCUT2D eigenvalue weighted by atomic mass is 19.4. The van der Waals surface area contributed by atoms with Crippen LogP contribution in [0.15, 0.2) is 10.2 Å². The summed E-state index contributed by atoms with van der Waals surface area (Å²) in [5.74, 6) is 0. The monoisotopic (exact) mass is 138 g/mol. The molecule has 0 amide bonds. The molecule has 0 N–H and O–H groups in total. The van der Waals surface area contributed by atoms with Gasteiger partial charge in [-0.15, -0.1) is 0 Å². The fraction of sp³-hybridized carbons (Fsp3) is 1.00. The van der Waals surface area contributed by atoms with Crippen molar-refractivity contribution < 1.29 is 13.2 Å². The lowest BCUT2D eigenvalue weighted by molar-refractivity contribution is -0.140. The third kappa shape index (κ3) is 1.99. The van der Waals surface area contributed by atoms with E-state index < -0.39 is 18.3 Å². The second kappa shape index (κ2) is 1.46. The maximum absolute atomic E-state index is 11.5. The summed E-state index contributed by atoms with van der Waals surface area (Å²) in [6.07, 6.45) is -5.07. The number of rotatable bonds is 1. The molecule has 2 nitrogen and oxygen atoms in total. The Kier molecular flexibility index (Phi) is 1.05. The molecule has 5 heteroatoms. The summed E-state index contributed by atoms with van der Waals surface area (Å²) in [4.78, 5) is 0. The Bertz CT molecular complexity index is 139. The van der Waals surface area contributed by atoms with Crippen LogP contribution in [0.5, 0.6) is 0 Å². The van der Waals surface area contributed by atoms with Crippen molar-refractivity contribution >= 4 is 0 Å². The summed E-state index contributed by atoms with van der Waals surface area (Å²) < 4.78 is 34.4. The molecule has 0 saturated carbocycles. The van der Waals surface area contributed by atoms with Gasteiger partial charge in [-0.05, 0) is 6.92 Å². The third-order valence-electron chi connectivity index (χ3n) is 0.977. The molecule has 1 aliphatic rings. The standard InChI is InChI=1S/C4H5F3N2/c1-3(8-9-3)2-4(5,6)7/h2H2,1H3. The molecule has 1 aliphatic heterocycles. The molecule has 0 bridgehead atoms. The molecule has 0 aliphatic carbocycles. The molecule has 0 aromatic carbocycles. The summed E-state index contributed by atoms with van der Waals surface area (Å²) in [6, 6.07) is 0. The summed E-state index contributed by atoms with van der Waals surface area (Å²) in [7, 11) is 0. The normalized spacial score (nSPS) is 22.2. The van der Waals surface area contributed by atoms with E-state index in [9.17, 15) is 13.2 Å². The molecule has 0 radical (unpaired) electrons. The molecule has 0 saturated heterocycles. The van der Waals surface area contributed by atoms with Gasteiger partial charge in [-0.25, -0.2) is 0 Å². The Morgan fingerprint density at radius 3 is 1.89 bits per heavy atom. The molecule has 52 valence electrons. The number of nitrogens with zero attached hydrogens (tertiary/aromatic N) is 2. The Morgan fingerprint density at radius 1 is 1.33 bits per heavy atom. The highest BCUT2D eigenvalue weighted by molar-refractivity contribution is 4.89. The van der Waals surface area contributed by atoms with E-state index in [1.807, 2.05) is 0 Å². The lowest BCUT2D eigenvalue weighted by Gasteiger charge is -2.06. The molecular formula is C4H5F3N2. The van der Waals surface area contributed by atoms with Crippen molar-refractivity contribution in [3.05, 3.63) is 0 Å². The number of alkyl halides is 3. The lowest BCUT2D eigenvalue weighted by Crippen LogP contribution is -2.18. The van der Waals surface area contributed by atoms with E-state index in [2.05, 4.69) is 10.2 Å². The highest BCUT2D eigenvalue weighted by Crippen LogP contribution is 2.38. The summed E-state index contributed by atoms with van der Waals surface area (Å²) >= 11 is 0. The van der Waals surface area contributed by atoms with Gasteiger partial charge in [0.25, 0.3) is 0 Å². The summed E-state index contributed by atoms with van der Waals surface area (Å²) in [5.41, 5.74) is -1.14. The van der Waals surface area contributed by atoms with Crippen LogP contribution in [0.3, 0.4) is 0 Å². The fourth-order valence-electron chi connectivity index (χ4n) is 0.536. The first-order chi connectivity index (χ1) is 3.91. The first kappa shape index (κ1) is 6.51. The minimum Gasteiger partial charge on any atom is -0.171 e. The molecular weight excluding hydrogens is 133 g/mol. The maximum atomic E-state index is 11.5. The summed E-state index contributed by atoms with van der Waals surface area (Å²) in [5, 5.41) is 6.45. The van der Waals surface area contributed by atoms with Gasteiger partial charge < -0.3 is 0 Å². The number of hydrogen-bond donors (Lipinski definition) is 0. The van der Waals surface area contributed by atoms with Gasteiger partial charge >= 0.3 is 6.18 Å². The highest BCUT2D eigenvalue weighted by Gasteiger charge is 2.45. The molecule has 0 aromatic rings. The van der Waals surface area contributed by atoms with Gasteiger partial charge in [-0.2, -0.15) is 23.4 Å². The van der Waals surface area contributed by atoms with Gasteiger partial charge in [0.1, 0.15) is 0 Å². The third-order valence-corrected chi connectivity index (χ3v) is 0.977. The van der Waals surface area contributed by atoms with Crippen molar-refractivity contribution in [1.29, 1.82) is 0 Å². The van der Waals surface area contributed by atoms with Crippen LogP contribution in [0.1, 0.15) is 13.3 Å². The van der Waals surface area contributed by atoms with Crippen molar-refractivity contribution in [1.82, 2.24) is 0 Å². The van der Waals surface area contributed by atoms with Crippen molar-refractivity contribution in [2.75, 3.05) is 0 Å². The molecule has 0 aromatic heterocycles. The van der Waals surface area contributed by atoms with E-state index in [4.69, 9.17) is 0 Å². The summed E-state index contributed by atoms with van der Waals surface area (Å²) in [6.45, 7) is 1.35. The zero-order valence-electron chi connectivity index (χ0n) is 4.74. The van der Waals surface area contributed by atoms with Crippen LogP contribution in [0.25, 0.3) is 0 Å². The van der Waals surface area contributed by atoms with Crippen LogP contribution in [-0.2, 0) is 0 Å². The van der Waals surface area contributed by atoms with E-state index in [0.29, 0.717) is 0 Å². The molecule has 1 rings (SSSR count). The Hall–Kier alpha value is -0.610. The Labute approximate surface area is 49.8 Å². The Morgan fingerprint density at radius 2 is 1.78 bits per heavy atom. The number of hydrogen-bond acceptors (Lipinski definition) is 2. The molecule has 0 atom stereocenters. The number of halogens is 3. The zero-order valence-corrected chi connectivity index (χ0v) is 4.74. The van der Waals surface area contributed by atoms with Gasteiger partial charge in [-0.3, -0.25) is 0 Å². The van der Waals surface area contributed by atoms with E-state index in [0.717, 1.165) is 0 Å². The molecule has 1 heterocycles. The average Bonchev–Trinajstić information content (AvgIpc) is 2.12. The minimum atomic E-state index is -4.14. The second-order valence-corrected chi connectivity index (χ2v) is 2.21. The topological polar surface area (TPSA) is 24.7 Å². The SMILES string of the molecule is CC1(CC(F)(F)F)N=N1. The largest absolute Gasteiger partial charge is 0.393 e. The second-order valence-electron chi connectivity index (χ2n) is 2.21. The first-order valence-electron chi connectivity index (χ1n) is 2.42. The van der Waals surface area contributed by atoms with Crippen LogP contribution in [-0.4, -0.2) is 11.8 Å². The van der Waals surface area contributed by atoms with Gasteiger partial charge in [-0.1, -0.05) is 0 Å². The van der Waals surface area contributed by atoms with Crippen LogP contribution >= 0.6 is 0 Å². The van der Waals surface area contributed by atoms with E-state index in [1.54, 1.807) is 0 Å². The quantitative estimate of drug-likeness (QED) is 0.530. The van der Waals surface area contributed by atoms with Gasteiger partial charge in [0.05, 0.1) is 6.42 Å². The molecule has 0 fully saturated rings. The molecule has 0 spiro atoms. The van der Waals surface area contributed by atoms with Crippen molar-refractivity contribution in [3.63, 3.8) is 0 Å². The molecule has 9 heavy (non-hydrogen) atoms. The van der Waals surface area contributed by atoms with Crippen molar-refractivity contribution in [2.24, 2.45) is 10.2 Å². The van der Waals surface area contributed by atoms with E-state index in [1.165, 1.54) is 6.92 Å². The predicted octanol–water partition coefficient (Wildman–Crippen LogP) is 2.12. The zero-order chi connectivity index (χ0) is 7.12. The van der Waals surface area contributed by atoms with Crippen LogP contribution in [0, 0.1) is 0 Å². The minimum absolute atomic E-state index is 0.931.